The predicted molar refractivity (Wildman–Crippen MR) is 84.9 cm³/mol. The first-order valence-electron chi connectivity index (χ1n) is 8.08. The zero-order valence-electron chi connectivity index (χ0n) is 14.0. The first-order valence-corrected chi connectivity index (χ1v) is 8.08. The summed E-state index contributed by atoms with van der Waals surface area (Å²) in [6, 6.07) is -1.46. The molecule has 8 atom stereocenters. The lowest BCUT2D eigenvalue weighted by Crippen LogP contribution is -2.66. The number of aliphatic imine (C=N–C) groups is 1. The summed E-state index contributed by atoms with van der Waals surface area (Å²) in [7, 11) is 0. The van der Waals surface area contributed by atoms with Gasteiger partial charge in [-0.1, -0.05) is 0 Å². The molecule has 1 saturated heterocycles. The Kier molecular flexibility index (Phi) is 6.52. The van der Waals surface area contributed by atoms with Gasteiger partial charge in [0.2, 0.25) is 5.84 Å². The lowest BCUT2D eigenvalue weighted by molar-refractivity contribution is -0.293. The molecule has 0 amide bonds. The number of nitrogens with zero attached hydrogens (tertiary/aromatic N) is 1. The molecule has 0 radical (unpaired) electrons. The SMILES string of the molecule is C[C@@H]1OC(OC2C(O)C(O)C(O)C(O)C2O)[C@H](N)CC1N=C(N)C(=O)O. The Hall–Kier alpha value is -1.38. The average Bonchev–Trinajstić information content (AvgIpc) is 2.58. The Labute approximate surface area is 148 Å². The summed E-state index contributed by atoms with van der Waals surface area (Å²) < 4.78 is 11.0. The second kappa shape index (κ2) is 8.10. The molecule has 10 N–H and O–H groups in total. The van der Waals surface area contributed by atoms with Crippen LogP contribution >= 0.6 is 0 Å². The number of carboxylic acids is 1. The minimum atomic E-state index is -1.74. The van der Waals surface area contributed by atoms with Crippen LogP contribution in [0.15, 0.2) is 4.99 Å². The number of amidine groups is 1. The maximum atomic E-state index is 10.8. The molecule has 0 aromatic rings. The molecular weight excluding hydrogens is 354 g/mol. The highest BCUT2D eigenvalue weighted by Gasteiger charge is 2.50. The van der Waals surface area contributed by atoms with Crippen LogP contribution in [0.4, 0.5) is 0 Å². The summed E-state index contributed by atoms with van der Waals surface area (Å²) >= 11 is 0. The molecule has 1 aliphatic heterocycles. The van der Waals surface area contributed by atoms with E-state index in [0.29, 0.717) is 0 Å². The van der Waals surface area contributed by atoms with Crippen LogP contribution in [-0.2, 0) is 14.3 Å². The van der Waals surface area contributed by atoms with Crippen LogP contribution in [0.3, 0.4) is 0 Å². The molecule has 12 heteroatoms. The van der Waals surface area contributed by atoms with Crippen molar-refractivity contribution < 1.29 is 44.9 Å². The number of ether oxygens (including phenoxy) is 2. The van der Waals surface area contributed by atoms with Crippen molar-refractivity contribution in [3.63, 3.8) is 0 Å². The number of aliphatic carboxylic acids is 1. The summed E-state index contributed by atoms with van der Waals surface area (Å²) in [4.78, 5) is 14.6. The molecule has 6 unspecified atom stereocenters. The topological polar surface area (TPSA) is 221 Å². The zero-order chi connectivity index (χ0) is 19.8. The Morgan fingerprint density at radius 2 is 1.58 bits per heavy atom. The fourth-order valence-corrected chi connectivity index (χ4v) is 3.02. The second-order valence-electron chi connectivity index (χ2n) is 6.55. The molecule has 0 aromatic heterocycles. The lowest BCUT2D eigenvalue weighted by atomic mass is 9.84. The van der Waals surface area contributed by atoms with Gasteiger partial charge in [-0.15, -0.1) is 0 Å². The van der Waals surface area contributed by atoms with E-state index in [4.69, 9.17) is 26.0 Å². The standard InChI is InChI=1S/C14H25N3O9/c1-3-5(17-12(16)13(23)24)2-4(15)14(25-3)26-11-9(21)7(19)6(18)8(20)10(11)22/h3-11,14,18-22H,2,15H2,1H3,(H2,16,17)(H,23,24)/t3-,4+,5?,6?,7?,8?,9?,10?,11?,14?/m0/s1. The molecule has 0 spiro atoms. The van der Waals surface area contributed by atoms with Gasteiger partial charge in [0, 0.05) is 0 Å². The van der Waals surface area contributed by atoms with E-state index in [2.05, 4.69) is 4.99 Å². The Balaban J connectivity index is 2.07. The van der Waals surface area contributed by atoms with Crippen molar-refractivity contribution in [2.45, 2.75) is 74.4 Å². The second-order valence-corrected chi connectivity index (χ2v) is 6.55. The molecular formula is C14H25N3O9. The van der Waals surface area contributed by atoms with Crippen molar-refractivity contribution in [3.8, 4) is 0 Å². The summed E-state index contributed by atoms with van der Waals surface area (Å²) in [5, 5.41) is 57.8. The van der Waals surface area contributed by atoms with Gasteiger partial charge < -0.3 is 51.6 Å². The van der Waals surface area contributed by atoms with E-state index in [-0.39, 0.29) is 6.42 Å². The highest BCUT2D eigenvalue weighted by molar-refractivity contribution is 6.33. The first kappa shape index (κ1) is 20.9. The largest absolute Gasteiger partial charge is 0.475 e. The molecule has 12 nitrogen and oxygen atoms in total. The third kappa shape index (κ3) is 4.13. The van der Waals surface area contributed by atoms with Gasteiger partial charge in [-0.25, -0.2) is 4.79 Å². The fraction of sp³-hybridized carbons (Fsp3) is 0.857. The van der Waals surface area contributed by atoms with E-state index in [1.165, 1.54) is 0 Å². The fourth-order valence-electron chi connectivity index (χ4n) is 3.02. The van der Waals surface area contributed by atoms with E-state index >= 15 is 0 Å². The van der Waals surface area contributed by atoms with Crippen LogP contribution in [-0.4, -0.2) is 104 Å². The Bertz CT molecular complexity index is 532. The van der Waals surface area contributed by atoms with E-state index in [9.17, 15) is 30.3 Å². The summed E-state index contributed by atoms with van der Waals surface area (Å²) in [6.07, 6.45) is -11.7. The maximum absolute atomic E-state index is 10.8. The Morgan fingerprint density at radius 3 is 2.08 bits per heavy atom. The monoisotopic (exact) mass is 379 g/mol. The highest BCUT2D eigenvalue weighted by Crippen LogP contribution is 2.29. The smallest absolute Gasteiger partial charge is 0.370 e. The summed E-state index contributed by atoms with van der Waals surface area (Å²) in [5.41, 5.74) is 11.2. The van der Waals surface area contributed by atoms with Crippen molar-refractivity contribution >= 4 is 11.8 Å². The average molecular weight is 379 g/mol. The van der Waals surface area contributed by atoms with Crippen molar-refractivity contribution in [3.05, 3.63) is 0 Å². The summed E-state index contributed by atoms with van der Waals surface area (Å²) in [5.74, 6) is -1.96. The number of hydrogen-bond acceptors (Lipinski definition) is 10. The Morgan fingerprint density at radius 1 is 1.08 bits per heavy atom. The van der Waals surface area contributed by atoms with Gasteiger partial charge in [0.25, 0.3) is 0 Å². The van der Waals surface area contributed by atoms with Crippen LogP contribution in [0, 0.1) is 0 Å². The van der Waals surface area contributed by atoms with Crippen LogP contribution in [0.25, 0.3) is 0 Å². The number of aliphatic hydroxyl groups is 5. The van der Waals surface area contributed by atoms with E-state index in [1.807, 2.05) is 0 Å². The van der Waals surface area contributed by atoms with Crippen LogP contribution in [0.2, 0.25) is 0 Å². The summed E-state index contributed by atoms with van der Waals surface area (Å²) in [6.45, 7) is 1.59. The van der Waals surface area contributed by atoms with Crippen molar-refractivity contribution in [2.24, 2.45) is 16.5 Å². The van der Waals surface area contributed by atoms with Gasteiger partial charge in [0.05, 0.1) is 18.2 Å². The molecule has 2 aliphatic rings. The molecule has 150 valence electrons. The van der Waals surface area contributed by atoms with Gasteiger partial charge >= 0.3 is 5.97 Å². The van der Waals surface area contributed by atoms with Crippen molar-refractivity contribution in [2.75, 3.05) is 0 Å². The molecule has 1 heterocycles. The number of aliphatic hydroxyl groups excluding tert-OH is 5. The minimum absolute atomic E-state index is 0.145. The normalized spacial score (nSPS) is 47.6. The van der Waals surface area contributed by atoms with Gasteiger partial charge in [-0.05, 0) is 13.3 Å². The third-order valence-corrected chi connectivity index (χ3v) is 4.64. The third-order valence-electron chi connectivity index (χ3n) is 4.64. The molecule has 0 aromatic carbocycles. The predicted octanol–water partition coefficient (Wildman–Crippen LogP) is -4.54. The quantitative estimate of drug-likeness (QED) is 0.172. The number of carboxylic acid groups (broad SMARTS) is 1. The van der Waals surface area contributed by atoms with Gasteiger partial charge in [0.15, 0.2) is 6.29 Å². The van der Waals surface area contributed by atoms with Gasteiger partial charge in [0.1, 0.15) is 36.6 Å². The molecule has 2 rings (SSSR count). The molecule has 1 aliphatic carbocycles. The number of hydrogen-bond donors (Lipinski definition) is 8. The number of carbonyl (C=O) groups is 1. The lowest BCUT2D eigenvalue weighted by Gasteiger charge is -2.45. The van der Waals surface area contributed by atoms with Crippen LogP contribution < -0.4 is 11.5 Å². The zero-order valence-corrected chi connectivity index (χ0v) is 14.0. The van der Waals surface area contributed by atoms with Crippen molar-refractivity contribution in [1.29, 1.82) is 0 Å². The maximum Gasteiger partial charge on any atom is 0.370 e. The van der Waals surface area contributed by atoms with Crippen LogP contribution in [0.5, 0.6) is 0 Å². The molecule has 2 fully saturated rings. The number of nitrogens with two attached hydrogens (primary N) is 2. The molecule has 26 heavy (non-hydrogen) atoms. The van der Waals surface area contributed by atoms with Crippen LogP contribution in [0.1, 0.15) is 13.3 Å². The van der Waals surface area contributed by atoms with Crippen molar-refractivity contribution in [1.82, 2.24) is 0 Å². The van der Waals surface area contributed by atoms with Gasteiger partial charge in [-0.3, -0.25) is 4.99 Å². The minimum Gasteiger partial charge on any atom is -0.475 e. The molecule has 1 saturated carbocycles. The van der Waals surface area contributed by atoms with Gasteiger partial charge in [-0.2, -0.15) is 0 Å². The van der Waals surface area contributed by atoms with E-state index < -0.39 is 72.9 Å². The number of rotatable bonds is 3. The highest BCUT2D eigenvalue weighted by atomic mass is 16.7. The first-order chi connectivity index (χ1) is 12.0. The molecule has 0 bridgehead atoms. The van der Waals surface area contributed by atoms with E-state index in [0.717, 1.165) is 0 Å². The van der Waals surface area contributed by atoms with E-state index in [1.54, 1.807) is 6.92 Å².